The predicted molar refractivity (Wildman–Crippen MR) is 88.3 cm³/mol. The Hall–Kier alpha value is -2.08. The number of nitrogens with one attached hydrogen (secondary N) is 1. The van der Waals surface area contributed by atoms with Crippen LogP contribution in [0.1, 0.15) is 19.5 Å². The predicted octanol–water partition coefficient (Wildman–Crippen LogP) is 3.30. The van der Waals surface area contributed by atoms with Crippen molar-refractivity contribution in [2.75, 3.05) is 11.9 Å². The van der Waals surface area contributed by atoms with Gasteiger partial charge >= 0.3 is 0 Å². The molecular formula is C16H19N3O2S. The summed E-state index contributed by atoms with van der Waals surface area (Å²) in [6.45, 7) is 6.21. The zero-order chi connectivity index (χ0) is 15.9. The highest BCUT2D eigenvalue weighted by Gasteiger charge is 2.17. The zero-order valence-electron chi connectivity index (χ0n) is 12.9. The van der Waals surface area contributed by atoms with Crippen LogP contribution in [0.3, 0.4) is 0 Å². The number of rotatable bonds is 6. The van der Waals surface area contributed by atoms with Gasteiger partial charge in [0.05, 0.1) is 17.5 Å². The topological polar surface area (TPSA) is 64.1 Å². The second-order valence-electron chi connectivity index (χ2n) is 4.68. The molecule has 0 aliphatic carbocycles. The first-order valence-corrected chi connectivity index (χ1v) is 7.96. The Kier molecular flexibility index (Phi) is 5.77. The van der Waals surface area contributed by atoms with Crippen LogP contribution in [0.2, 0.25) is 0 Å². The van der Waals surface area contributed by atoms with Gasteiger partial charge in [-0.3, -0.25) is 4.79 Å². The van der Waals surface area contributed by atoms with Crippen LogP contribution < -0.4 is 10.1 Å². The number of para-hydroxylation sites is 2. The van der Waals surface area contributed by atoms with Crippen LogP contribution in [0.15, 0.2) is 41.7 Å². The van der Waals surface area contributed by atoms with E-state index in [4.69, 9.17) is 4.74 Å². The molecule has 0 bridgehead atoms. The Bertz CT molecular complexity index is 649. The van der Waals surface area contributed by atoms with E-state index >= 15 is 0 Å². The number of hydrogen-bond donors (Lipinski definition) is 1. The quantitative estimate of drug-likeness (QED) is 0.654. The largest absolute Gasteiger partial charge is 0.492 e. The number of carbonyl (C=O) groups excluding carboxylic acids is 1. The number of amides is 1. The highest BCUT2D eigenvalue weighted by Crippen LogP contribution is 2.26. The summed E-state index contributed by atoms with van der Waals surface area (Å²) in [5, 5.41) is 3.41. The summed E-state index contributed by atoms with van der Waals surface area (Å²) in [6, 6.07) is 9.27. The van der Waals surface area contributed by atoms with E-state index in [0.29, 0.717) is 18.0 Å². The highest BCUT2D eigenvalue weighted by atomic mass is 32.2. The van der Waals surface area contributed by atoms with Crippen molar-refractivity contribution in [2.45, 2.75) is 31.0 Å². The van der Waals surface area contributed by atoms with Gasteiger partial charge in [0.2, 0.25) is 5.91 Å². The van der Waals surface area contributed by atoms with Gasteiger partial charge in [0.15, 0.2) is 0 Å². The maximum atomic E-state index is 12.3. The van der Waals surface area contributed by atoms with Crippen molar-refractivity contribution in [3.05, 3.63) is 42.4 Å². The molecule has 2 rings (SSSR count). The third-order valence-electron chi connectivity index (χ3n) is 2.89. The van der Waals surface area contributed by atoms with Gasteiger partial charge in [0.25, 0.3) is 0 Å². The van der Waals surface area contributed by atoms with Crippen LogP contribution in [0.25, 0.3) is 0 Å². The van der Waals surface area contributed by atoms with Crippen molar-refractivity contribution in [1.29, 1.82) is 0 Å². The molecule has 0 aliphatic heterocycles. The third-order valence-corrected chi connectivity index (χ3v) is 3.92. The summed E-state index contributed by atoms with van der Waals surface area (Å²) in [7, 11) is 0. The fourth-order valence-electron chi connectivity index (χ4n) is 1.81. The molecule has 116 valence electrons. The number of thioether (sulfide) groups is 1. The Balaban J connectivity index is 2.02. The molecule has 22 heavy (non-hydrogen) atoms. The highest BCUT2D eigenvalue weighted by molar-refractivity contribution is 8.00. The van der Waals surface area contributed by atoms with Crippen LogP contribution in [-0.2, 0) is 4.79 Å². The van der Waals surface area contributed by atoms with Crippen molar-refractivity contribution in [1.82, 2.24) is 9.97 Å². The summed E-state index contributed by atoms with van der Waals surface area (Å²) in [5.74, 6) is 0.585. The van der Waals surface area contributed by atoms with Gasteiger partial charge in [-0.25, -0.2) is 9.97 Å². The fourth-order valence-corrected chi connectivity index (χ4v) is 2.69. The molecule has 0 fully saturated rings. The van der Waals surface area contributed by atoms with Crippen molar-refractivity contribution in [2.24, 2.45) is 0 Å². The normalized spacial score (nSPS) is 11.8. The van der Waals surface area contributed by atoms with E-state index in [-0.39, 0.29) is 11.2 Å². The standard InChI is InChI=1S/C16H19N3O2S/c1-4-21-14-8-6-5-7-13(14)19-16(20)12(3)22-15-9-11(2)17-10-18-15/h5-10,12H,4H2,1-3H3,(H,19,20)/t12-/m0/s1. The molecule has 0 spiro atoms. The van der Waals surface area contributed by atoms with Gasteiger partial charge in [0, 0.05) is 5.69 Å². The third kappa shape index (κ3) is 4.46. The summed E-state index contributed by atoms with van der Waals surface area (Å²) in [5.41, 5.74) is 1.56. The number of aryl methyl sites for hydroxylation is 1. The molecule has 0 aliphatic rings. The van der Waals surface area contributed by atoms with Crippen LogP contribution >= 0.6 is 11.8 Å². The number of aromatic nitrogens is 2. The van der Waals surface area contributed by atoms with E-state index < -0.39 is 0 Å². The maximum absolute atomic E-state index is 12.3. The molecule has 0 radical (unpaired) electrons. The first kappa shape index (κ1) is 16.3. The van der Waals surface area contributed by atoms with Gasteiger partial charge in [-0.05, 0) is 39.0 Å². The maximum Gasteiger partial charge on any atom is 0.237 e. The smallest absolute Gasteiger partial charge is 0.237 e. The lowest BCUT2D eigenvalue weighted by atomic mass is 10.3. The Labute approximate surface area is 134 Å². The summed E-state index contributed by atoms with van der Waals surface area (Å²) in [6.07, 6.45) is 1.51. The molecule has 1 N–H and O–H groups in total. The second kappa shape index (κ2) is 7.79. The summed E-state index contributed by atoms with van der Waals surface area (Å²) >= 11 is 1.40. The van der Waals surface area contributed by atoms with Crippen LogP contribution in [0.4, 0.5) is 5.69 Å². The van der Waals surface area contributed by atoms with E-state index in [2.05, 4.69) is 15.3 Å². The number of carbonyl (C=O) groups is 1. The first-order valence-electron chi connectivity index (χ1n) is 7.08. The molecule has 2 aromatic rings. The minimum absolute atomic E-state index is 0.0894. The van der Waals surface area contributed by atoms with Crippen LogP contribution in [-0.4, -0.2) is 27.7 Å². The van der Waals surface area contributed by atoms with Gasteiger partial charge in [0.1, 0.15) is 17.1 Å². The molecular weight excluding hydrogens is 298 g/mol. The zero-order valence-corrected chi connectivity index (χ0v) is 13.7. The average Bonchev–Trinajstić information content (AvgIpc) is 2.49. The number of nitrogens with zero attached hydrogens (tertiary/aromatic N) is 2. The minimum atomic E-state index is -0.274. The Morgan fingerprint density at radius 3 is 2.86 bits per heavy atom. The number of benzene rings is 1. The van der Waals surface area contributed by atoms with E-state index in [1.165, 1.54) is 18.1 Å². The van der Waals surface area contributed by atoms with Crippen molar-refractivity contribution >= 4 is 23.4 Å². The van der Waals surface area contributed by atoms with Gasteiger partial charge < -0.3 is 10.1 Å². The number of ether oxygens (including phenoxy) is 1. The van der Waals surface area contributed by atoms with Crippen molar-refractivity contribution in [3.8, 4) is 5.75 Å². The lowest BCUT2D eigenvalue weighted by molar-refractivity contribution is -0.115. The minimum Gasteiger partial charge on any atom is -0.492 e. The van der Waals surface area contributed by atoms with Crippen molar-refractivity contribution in [3.63, 3.8) is 0 Å². The molecule has 1 amide bonds. The fraction of sp³-hybridized carbons (Fsp3) is 0.312. The van der Waals surface area contributed by atoms with Crippen LogP contribution in [0, 0.1) is 6.92 Å². The summed E-state index contributed by atoms with van der Waals surface area (Å²) < 4.78 is 5.51. The van der Waals surface area contributed by atoms with Crippen LogP contribution in [0.5, 0.6) is 5.75 Å². The number of anilines is 1. The van der Waals surface area contributed by atoms with E-state index in [0.717, 1.165) is 10.7 Å². The van der Waals surface area contributed by atoms with Crippen molar-refractivity contribution < 1.29 is 9.53 Å². The first-order chi connectivity index (χ1) is 10.6. The lowest BCUT2D eigenvalue weighted by Gasteiger charge is -2.14. The molecule has 5 nitrogen and oxygen atoms in total. The number of hydrogen-bond acceptors (Lipinski definition) is 5. The summed E-state index contributed by atoms with van der Waals surface area (Å²) in [4.78, 5) is 20.5. The van der Waals surface area contributed by atoms with E-state index in [9.17, 15) is 4.79 Å². The lowest BCUT2D eigenvalue weighted by Crippen LogP contribution is -2.22. The van der Waals surface area contributed by atoms with Gasteiger partial charge in [-0.1, -0.05) is 23.9 Å². The average molecular weight is 317 g/mol. The molecule has 1 aromatic carbocycles. The Morgan fingerprint density at radius 1 is 1.36 bits per heavy atom. The molecule has 1 atom stereocenters. The molecule has 0 unspecified atom stereocenters. The van der Waals surface area contributed by atoms with Gasteiger partial charge in [-0.2, -0.15) is 0 Å². The molecule has 1 aromatic heterocycles. The van der Waals surface area contributed by atoms with E-state index in [1.54, 1.807) is 0 Å². The molecule has 6 heteroatoms. The molecule has 0 saturated heterocycles. The molecule has 0 saturated carbocycles. The monoisotopic (exact) mass is 317 g/mol. The SMILES string of the molecule is CCOc1ccccc1NC(=O)[C@H](C)Sc1cc(C)ncn1. The molecule has 1 heterocycles. The van der Waals surface area contributed by atoms with E-state index in [1.807, 2.05) is 51.1 Å². The second-order valence-corrected chi connectivity index (χ2v) is 6.04. The van der Waals surface area contributed by atoms with Gasteiger partial charge in [-0.15, -0.1) is 0 Å². The Morgan fingerprint density at radius 2 is 2.14 bits per heavy atom.